The van der Waals surface area contributed by atoms with Crippen LogP contribution in [0.3, 0.4) is 0 Å². The van der Waals surface area contributed by atoms with Crippen molar-refractivity contribution in [1.29, 1.82) is 0 Å². The van der Waals surface area contributed by atoms with E-state index >= 15 is 0 Å². The quantitative estimate of drug-likeness (QED) is 0.511. The summed E-state index contributed by atoms with van der Waals surface area (Å²) in [4.78, 5) is 28.3. The molecular weight excluding hydrogens is 480 g/mol. The molecule has 3 aromatic heterocycles. The van der Waals surface area contributed by atoms with Gasteiger partial charge in [0.2, 0.25) is 5.88 Å². The van der Waals surface area contributed by atoms with Crippen LogP contribution in [0.2, 0.25) is 0 Å². The minimum atomic E-state index is -4.25. The van der Waals surface area contributed by atoms with Gasteiger partial charge in [-0.15, -0.1) is 0 Å². The van der Waals surface area contributed by atoms with E-state index in [-0.39, 0.29) is 21.8 Å². The number of sulfonamides is 1. The number of amides is 1. The number of anilines is 2. The van der Waals surface area contributed by atoms with Crippen molar-refractivity contribution in [2.45, 2.75) is 44.6 Å². The van der Waals surface area contributed by atoms with Crippen molar-refractivity contribution < 1.29 is 17.9 Å². The van der Waals surface area contributed by atoms with Gasteiger partial charge in [0.1, 0.15) is 16.5 Å². The number of nitrogens with one attached hydrogen (secondary N) is 1. The molecule has 1 saturated heterocycles. The lowest BCUT2D eigenvalue weighted by atomic mass is 9.97. The zero-order valence-electron chi connectivity index (χ0n) is 20.9. The molecule has 0 bridgehead atoms. The van der Waals surface area contributed by atoms with Crippen molar-refractivity contribution in [2.24, 2.45) is 5.92 Å². The maximum absolute atomic E-state index is 13.4. The van der Waals surface area contributed by atoms with Gasteiger partial charge in [-0.25, -0.2) is 28.1 Å². The van der Waals surface area contributed by atoms with Gasteiger partial charge in [-0.3, -0.25) is 4.79 Å². The van der Waals surface area contributed by atoms with Gasteiger partial charge in [0, 0.05) is 29.9 Å². The highest BCUT2D eigenvalue weighted by molar-refractivity contribution is 7.90. The van der Waals surface area contributed by atoms with E-state index < -0.39 is 15.9 Å². The summed E-state index contributed by atoms with van der Waals surface area (Å²) >= 11 is 0. The second kappa shape index (κ2) is 9.38. The lowest BCUT2D eigenvalue weighted by Crippen LogP contribution is -2.41. The topological polar surface area (TPSA) is 140 Å². The fourth-order valence-electron chi connectivity index (χ4n) is 4.73. The lowest BCUT2D eigenvalue weighted by molar-refractivity contribution is 0.0981. The number of aromatic nitrogens is 3. The second-order valence-electron chi connectivity index (χ2n) is 9.61. The molecule has 3 N–H and O–H groups in total. The molecule has 36 heavy (non-hydrogen) atoms. The number of rotatable bonds is 6. The largest absolute Gasteiger partial charge is 0.481 e. The standard InChI is InChI=1S/C25H30N6O4S/c1-15-13-25(3,4)31(14-15)23-18(24(32)30-36(33,34)20-7-6-12-27-22(20)26)8-10-19(29-23)17-9-11-21(35-5)28-16(17)2/h6-12,15H,13-14H2,1-5H3,(H2,26,27)(H,30,32)/t15-/m0/s1. The molecule has 3 aromatic rings. The van der Waals surface area contributed by atoms with Crippen LogP contribution in [0.5, 0.6) is 5.88 Å². The van der Waals surface area contributed by atoms with Crippen molar-refractivity contribution in [3.63, 3.8) is 0 Å². The Morgan fingerprint density at radius 3 is 2.56 bits per heavy atom. The molecule has 0 unspecified atom stereocenters. The minimum Gasteiger partial charge on any atom is -0.481 e. The molecule has 1 fully saturated rings. The van der Waals surface area contributed by atoms with Crippen molar-refractivity contribution in [3.05, 3.63) is 53.9 Å². The predicted octanol–water partition coefficient (Wildman–Crippen LogP) is 3.18. The van der Waals surface area contributed by atoms with E-state index in [1.54, 1.807) is 25.3 Å². The van der Waals surface area contributed by atoms with Crippen molar-refractivity contribution in [3.8, 4) is 17.1 Å². The summed E-state index contributed by atoms with van der Waals surface area (Å²) in [7, 11) is -2.70. The number of methoxy groups -OCH3 is 1. The third-order valence-electron chi connectivity index (χ3n) is 6.31. The average Bonchev–Trinajstić information content (AvgIpc) is 3.10. The Bertz CT molecular complexity index is 1420. The van der Waals surface area contributed by atoms with Crippen molar-refractivity contribution >= 4 is 27.6 Å². The Balaban J connectivity index is 1.80. The molecule has 1 atom stereocenters. The molecule has 10 nitrogen and oxygen atoms in total. The van der Waals surface area contributed by atoms with E-state index in [4.69, 9.17) is 15.5 Å². The molecule has 1 amide bonds. The third kappa shape index (κ3) is 4.83. The molecule has 0 aromatic carbocycles. The first-order chi connectivity index (χ1) is 16.9. The Hall–Kier alpha value is -3.73. The monoisotopic (exact) mass is 510 g/mol. The Morgan fingerprint density at radius 2 is 1.94 bits per heavy atom. The highest BCUT2D eigenvalue weighted by Gasteiger charge is 2.39. The zero-order valence-corrected chi connectivity index (χ0v) is 21.8. The fraction of sp³-hybridized carbons (Fsp3) is 0.360. The van der Waals surface area contributed by atoms with Crippen LogP contribution in [0.25, 0.3) is 11.3 Å². The molecule has 4 rings (SSSR count). The summed E-state index contributed by atoms with van der Waals surface area (Å²) in [6.07, 6.45) is 2.27. The first-order valence-corrected chi connectivity index (χ1v) is 13.0. The Kier molecular flexibility index (Phi) is 6.61. The van der Waals surface area contributed by atoms with Gasteiger partial charge in [-0.05, 0) is 63.4 Å². The second-order valence-corrected chi connectivity index (χ2v) is 11.3. The number of nitrogens with zero attached hydrogens (tertiary/aromatic N) is 4. The van der Waals surface area contributed by atoms with Gasteiger partial charge < -0.3 is 15.4 Å². The maximum atomic E-state index is 13.4. The van der Waals surface area contributed by atoms with Crippen LogP contribution in [0.15, 0.2) is 47.5 Å². The van der Waals surface area contributed by atoms with Gasteiger partial charge in [0.25, 0.3) is 15.9 Å². The highest BCUT2D eigenvalue weighted by Crippen LogP contribution is 2.38. The van der Waals surface area contributed by atoms with Crippen LogP contribution in [0.1, 0.15) is 43.2 Å². The summed E-state index contributed by atoms with van der Waals surface area (Å²) in [6, 6.07) is 9.63. The molecule has 1 aliphatic rings. The Morgan fingerprint density at radius 1 is 1.19 bits per heavy atom. The molecule has 0 radical (unpaired) electrons. The summed E-state index contributed by atoms with van der Waals surface area (Å²) in [5, 5.41) is 0. The molecule has 0 saturated carbocycles. The van der Waals surface area contributed by atoms with Crippen LogP contribution in [-0.4, -0.2) is 48.5 Å². The first kappa shape index (κ1) is 25.4. The van der Waals surface area contributed by atoms with Crippen LogP contribution < -0.4 is 20.1 Å². The van der Waals surface area contributed by atoms with Gasteiger partial charge >= 0.3 is 0 Å². The highest BCUT2D eigenvalue weighted by atomic mass is 32.2. The molecule has 1 aliphatic heterocycles. The van der Waals surface area contributed by atoms with E-state index in [1.807, 2.05) is 13.0 Å². The van der Waals surface area contributed by atoms with Crippen LogP contribution in [0.4, 0.5) is 11.6 Å². The minimum absolute atomic E-state index is 0.145. The smallest absolute Gasteiger partial charge is 0.268 e. The summed E-state index contributed by atoms with van der Waals surface area (Å²) in [5.74, 6) is 0.270. The van der Waals surface area contributed by atoms with Gasteiger partial charge in [0.05, 0.1) is 24.1 Å². The zero-order chi connectivity index (χ0) is 26.3. The molecule has 0 spiro atoms. The van der Waals surface area contributed by atoms with Gasteiger partial charge in [-0.2, -0.15) is 0 Å². The molecule has 11 heteroatoms. The number of carbonyl (C=O) groups is 1. The fourth-order valence-corrected chi connectivity index (χ4v) is 5.77. The van der Waals surface area contributed by atoms with E-state index in [0.29, 0.717) is 35.5 Å². The summed E-state index contributed by atoms with van der Waals surface area (Å²) in [5.41, 5.74) is 7.71. The van der Waals surface area contributed by atoms with Crippen LogP contribution in [-0.2, 0) is 10.0 Å². The number of nitrogens with two attached hydrogens (primary N) is 1. The van der Waals surface area contributed by atoms with Gasteiger partial charge in [-0.1, -0.05) is 6.92 Å². The maximum Gasteiger partial charge on any atom is 0.268 e. The summed E-state index contributed by atoms with van der Waals surface area (Å²) in [6.45, 7) is 8.83. The normalized spacial score (nSPS) is 17.1. The molecular formula is C25H30N6O4S. The number of hydrogen-bond acceptors (Lipinski definition) is 9. The van der Waals surface area contributed by atoms with Crippen molar-refractivity contribution in [2.75, 3.05) is 24.3 Å². The van der Waals surface area contributed by atoms with Gasteiger partial charge in [0.15, 0.2) is 0 Å². The number of pyridine rings is 3. The molecule has 4 heterocycles. The third-order valence-corrected chi connectivity index (χ3v) is 7.69. The van der Waals surface area contributed by atoms with Crippen LogP contribution in [0, 0.1) is 12.8 Å². The Labute approximate surface area is 211 Å². The van der Waals surface area contributed by atoms with E-state index in [9.17, 15) is 13.2 Å². The van der Waals surface area contributed by atoms with Crippen molar-refractivity contribution in [1.82, 2.24) is 19.7 Å². The number of carbonyl (C=O) groups excluding carboxylic acids is 1. The average molecular weight is 511 g/mol. The molecule has 0 aliphatic carbocycles. The number of aryl methyl sites for hydroxylation is 1. The summed E-state index contributed by atoms with van der Waals surface area (Å²) < 4.78 is 33.2. The SMILES string of the molecule is COc1ccc(-c2ccc(C(=O)NS(=O)(=O)c3cccnc3N)c(N3C[C@@H](C)CC3(C)C)n2)c(C)n1. The first-order valence-electron chi connectivity index (χ1n) is 11.5. The lowest BCUT2D eigenvalue weighted by Gasteiger charge is -2.34. The van der Waals surface area contributed by atoms with E-state index in [0.717, 1.165) is 12.0 Å². The van der Waals surface area contributed by atoms with E-state index in [1.165, 1.54) is 18.3 Å². The number of ether oxygens (including phenoxy) is 1. The number of hydrogen-bond donors (Lipinski definition) is 2. The van der Waals surface area contributed by atoms with Crippen LogP contribution >= 0.6 is 0 Å². The van der Waals surface area contributed by atoms with E-state index in [2.05, 4.69) is 40.4 Å². The predicted molar refractivity (Wildman–Crippen MR) is 137 cm³/mol. The number of nitrogen functional groups attached to an aromatic ring is 1. The molecule has 190 valence electrons.